The molecule has 0 fully saturated rings. The lowest BCUT2D eigenvalue weighted by Gasteiger charge is -2.18. The predicted octanol–water partition coefficient (Wildman–Crippen LogP) is 3.16. The quantitative estimate of drug-likeness (QED) is 0.513. The lowest BCUT2D eigenvalue weighted by atomic mass is 10.2. The number of aromatic hydroxyl groups is 1. The number of ether oxygens (including phenoxy) is 1. The summed E-state index contributed by atoms with van der Waals surface area (Å²) in [4.78, 5) is 30.0. The summed E-state index contributed by atoms with van der Waals surface area (Å²) in [6, 6.07) is 5.67. The molecule has 0 unspecified atom stereocenters. The molecular weight excluding hydrogens is 396 g/mol. The zero-order valence-electron chi connectivity index (χ0n) is 17.7. The van der Waals surface area contributed by atoms with Crippen molar-refractivity contribution in [2.45, 2.75) is 26.2 Å². The van der Waals surface area contributed by atoms with E-state index < -0.39 is 0 Å². The summed E-state index contributed by atoms with van der Waals surface area (Å²) >= 11 is 0. The van der Waals surface area contributed by atoms with Gasteiger partial charge in [-0.25, -0.2) is 9.97 Å². The Morgan fingerprint density at radius 2 is 2.10 bits per heavy atom. The highest BCUT2D eigenvalue weighted by atomic mass is 16.5. The number of fused-ring (bicyclic) bond motifs is 2. The number of nitrogens with zero attached hydrogens (tertiary/aromatic N) is 4. The Bertz CT molecular complexity index is 1120. The van der Waals surface area contributed by atoms with Crippen LogP contribution in [0.4, 0.5) is 11.5 Å². The zero-order chi connectivity index (χ0) is 21.8. The number of carbonyl (C=O) groups is 1. The fraction of sp³-hybridized carbons (Fsp3) is 0.364. The van der Waals surface area contributed by atoms with E-state index in [1.54, 1.807) is 11.1 Å². The van der Waals surface area contributed by atoms with E-state index in [4.69, 9.17) is 4.74 Å². The number of aryl methyl sites for hydroxylation is 1. The van der Waals surface area contributed by atoms with Gasteiger partial charge in [0.15, 0.2) is 5.88 Å². The van der Waals surface area contributed by atoms with E-state index in [2.05, 4.69) is 25.3 Å². The van der Waals surface area contributed by atoms with Crippen LogP contribution in [0, 0.1) is 6.92 Å². The highest BCUT2D eigenvalue weighted by molar-refractivity contribution is 6.06. The van der Waals surface area contributed by atoms with Gasteiger partial charge in [0.2, 0.25) is 5.91 Å². The van der Waals surface area contributed by atoms with Crippen molar-refractivity contribution in [1.82, 2.24) is 19.9 Å². The van der Waals surface area contributed by atoms with Gasteiger partial charge in [-0.05, 0) is 31.4 Å². The number of amides is 1. The molecule has 162 valence electrons. The van der Waals surface area contributed by atoms with E-state index in [9.17, 15) is 9.90 Å². The van der Waals surface area contributed by atoms with Crippen molar-refractivity contribution in [3.63, 3.8) is 0 Å². The van der Waals surface area contributed by atoms with Gasteiger partial charge in [0.25, 0.3) is 0 Å². The third-order valence-corrected chi connectivity index (χ3v) is 5.30. The van der Waals surface area contributed by atoms with Crippen LogP contribution in [-0.2, 0) is 4.79 Å². The van der Waals surface area contributed by atoms with Gasteiger partial charge in [-0.2, -0.15) is 0 Å². The summed E-state index contributed by atoms with van der Waals surface area (Å²) < 4.78 is 5.90. The summed E-state index contributed by atoms with van der Waals surface area (Å²) in [6.45, 7) is 3.68. The molecule has 4 rings (SSSR count). The molecule has 9 heteroatoms. The van der Waals surface area contributed by atoms with E-state index in [0.29, 0.717) is 60.6 Å². The highest BCUT2D eigenvalue weighted by Gasteiger charge is 2.16. The number of nitrogens with one attached hydrogen (secondary N) is 2. The number of hydrogen-bond acceptors (Lipinski definition) is 7. The number of benzene rings is 1. The van der Waals surface area contributed by atoms with Crippen LogP contribution in [0.5, 0.6) is 11.6 Å². The Morgan fingerprint density at radius 1 is 1.23 bits per heavy atom. The molecule has 31 heavy (non-hydrogen) atoms. The molecule has 0 saturated heterocycles. The fourth-order valence-corrected chi connectivity index (χ4v) is 3.50. The molecular formula is C22H26N6O3. The first-order valence-electron chi connectivity index (χ1n) is 10.3. The van der Waals surface area contributed by atoms with Gasteiger partial charge in [-0.15, -0.1) is 0 Å². The standard InChI is InChI=1S/C22H26N6O3/c1-14-6-7-15-11-17(14)31-10-3-5-18(29)28(2)9-4-8-23-20-19-16(12-24-15)22(30)27-21(19)26-13-25-20/h6-7,11-13,30H,3-5,8-10H2,1-2H3,(H2,23,25,26,27). The number of anilines is 1. The summed E-state index contributed by atoms with van der Waals surface area (Å²) in [7, 11) is 1.82. The third kappa shape index (κ3) is 4.60. The smallest absolute Gasteiger partial charge is 0.222 e. The first-order valence-corrected chi connectivity index (χ1v) is 10.3. The minimum absolute atomic E-state index is 0.0226. The van der Waals surface area contributed by atoms with Crippen LogP contribution in [-0.4, -0.2) is 63.8 Å². The SMILES string of the molecule is Cc1ccc2cc1OCCCC(=O)N(C)CCCNc1ncnc3[nH]c(O)c(c13)C=N2. The number of rotatable bonds is 0. The monoisotopic (exact) mass is 422 g/mol. The maximum absolute atomic E-state index is 12.3. The van der Waals surface area contributed by atoms with Crippen molar-refractivity contribution in [2.75, 3.05) is 32.1 Å². The van der Waals surface area contributed by atoms with Crippen LogP contribution in [0.15, 0.2) is 29.5 Å². The van der Waals surface area contributed by atoms with Crippen LogP contribution in [0.2, 0.25) is 0 Å². The molecule has 3 aromatic rings. The maximum atomic E-state index is 12.3. The van der Waals surface area contributed by atoms with Crippen LogP contribution < -0.4 is 10.1 Å². The van der Waals surface area contributed by atoms with Crippen LogP contribution in [0.3, 0.4) is 0 Å². The molecule has 3 N–H and O–H groups in total. The second-order valence-corrected chi connectivity index (χ2v) is 7.59. The Morgan fingerprint density at radius 3 is 2.97 bits per heavy atom. The Labute approximate surface area is 180 Å². The Balaban J connectivity index is 1.71. The van der Waals surface area contributed by atoms with Crippen molar-refractivity contribution >= 4 is 34.7 Å². The van der Waals surface area contributed by atoms with Gasteiger partial charge in [0.1, 0.15) is 23.5 Å². The molecule has 1 amide bonds. The molecule has 3 heterocycles. The minimum atomic E-state index is -0.0226. The molecule has 1 aromatic carbocycles. The topological polar surface area (TPSA) is 116 Å². The molecule has 0 spiro atoms. The van der Waals surface area contributed by atoms with E-state index in [1.807, 2.05) is 32.2 Å². The predicted molar refractivity (Wildman–Crippen MR) is 119 cm³/mol. The molecule has 0 saturated carbocycles. The summed E-state index contributed by atoms with van der Waals surface area (Å²) in [5.41, 5.74) is 2.71. The number of aliphatic imine (C=N–C) groups is 1. The molecule has 2 bridgehead atoms. The summed E-state index contributed by atoms with van der Waals surface area (Å²) in [6.07, 6.45) is 4.89. The molecule has 9 nitrogen and oxygen atoms in total. The second kappa shape index (κ2) is 9.03. The summed E-state index contributed by atoms with van der Waals surface area (Å²) in [5, 5.41) is 14.4. The maximum Gasteiger partial charge on any atom is 0.222 e. The zero-order valence-corrected chi connectivity index (χ0v) is 17.7. The van der Waals surface area contributed by atoms with Crippen LogP contribution in [0.25, 0.3) is 11.0 Å². The number of hydrogen-bond donors (Lipinski definition) is 3. The van der Waals surface area contributed by atoms with Gasteiger partial charge in [-0.3, -0.25) is 9.79 Å². The van der Waals surface area contributed by atoms with E-state index in [-0.39, 0.29) is 11.8 Å². The molecule has 1 aliphatic heterocycles. The average molecular weight is 422 g/mol. The van der Waals surface area contributed by atoms with E-state index in [1.165, 1.54) is 6.33 Å². The lowest BCUT2D eigenvalue weighted by Crippen LogP contribution is -2.29. The molecule has 2 aromatic heterocycles. The number of aromatic nitrogens is 3. The number of carbonyl (C=O) groups excluding carboxylic acids is 1. The molecule has 0 atom stereocenters. The highest BCUT2D eigenvalue weighted by Crippen LogP contribution is 2.30. The molecule has 0 radical (unpaired) electrons. The second-order valence-electron chi connectivity index (χ2n) is 7.59. The van der Waals surface area contributed by atoms with Crippen LogP contribution in [0.1, 0.15) is 30.4 Å². The van der Waals surface area contributed by atoms with E-state index in [0.717, 1.165) is 17.7 Å². The van der Waals surface area contributed by atoms with E-state index >= 15 is 0 Å². The Kier molecular flexibility index (Phi) is 6.01. The van der Waals surface area contributed by atoms with Crippen molar-refractivity contribution < 1.29 is 14.6 Å². The first kappa shape index (κ1) is 20.6. The van der Waals surface area contributed by atoms with Gasteiger partial charge in [0, 0.05) is 38.8 Å². The molecule has 1 aliphatic rings. The largest absolute Gasteiger partial charge is 0.494 e. The van der Waals surface area contributed by atoms with Gasteiger partial charge >= 0.3 is 0 Å². The minimum Gasteiger partial charge on any atom is -0.494 e. The lowest BCUT2D eigenvalue weighted by molar-refractivity contribution is -0.130. The number of H-pyrrole nitrogens is 1. The molecule has 0 aliphatic carbocycles. The Hall–Kier alpha value is -3.62. The van der Waals surface area contributed by atoms with Crippen molar-refractivity contribution in [1.29, 1.82) is 0 Å². The van der Waals surface area contributed by atoms with Gasteiger partial charge in [-0.1, -0.05) is 6.07 Å². The average Bonchev–Trinajstić information content (AvgIpc) is 3.09. The van der Waals surface area contributed by atoms with Gasteiger partial charge < -0.3 is 25.0 Å². The van der Waals surface area contributed by atoms with Gasteiger partial charge in [0.05, 0.1) is 23.2 Å². The third-order valence-electron chi connectivity index (χ3n) is 5.30. The first-order chi connectivity index (χ1) is 15.0. The fourth-order valence-electron chi connectivity index (χ4n) is 3.50. The van der Waals surface area contributed by atoms with Crippen molar-refractivity contribution in [3.8, 4) is 11.6 Å². The summed E-state index contributed by atoms with van der Waals surface area (Å²) in [5.74, 6) is 1.41. The number of aromatic amines is 1. The van der Waals surface area contributed by atoms with Crippen LogP contribution >= 0.6 is 0 Å². The van der Waals surface area contributed by atoms with Crippen molar-refractivity contribution in [3.05, 3.63) is 35.7 Å². The normalized spacial score (nSPS) is 15.8. The van der Waals surface area contributed by atoms with Crippen molar-refractivity contribution in [2.24, 2.45) is 4.99 Å².